The SMILES string of the molecule is COc1ccccc1NC(=O)Nc1c(-c2ccccc2Cl)noc1C. The van der Waals surface area contributed by atoms with Gasteiger partial charge in [-0.05, 0) is 25.1 Å². The van der Waals surface area contributed by atoms with Crippen molar-refractivity contribution in [2.45, 2.75) is 6.92 Å². The number of carbonyl (C=O) groups is 1. The van der Waals surface area contributed by atoms with Crippen molar-refractivity contribution in [2.24, 2.45) is 0 Å². The monoisotopic (exact) mass is 357 g/mol. The zero-order chi connectivity index (χ0) is 17.8. The fourth-order valence-electron chi connectivity index (χ4n) is 2.37. The lowest BCUT2D eigenvalue weighted by Gasteiger charge is -2.11. The Morgan fingerprint density at radius 2 is 1.84 bits per heavy atom. The predicted octanol–water partition coefficient (Wildman–Crippen LogP) is 4.96. The number of amides is 2. The Hall–Kier alpha value is -2.99. The van der Waals surface area contributed by atoms with Crippen molar-refractivity contribution in [2.75, 3.05) is 17.7 Å². The summed E-state index contributed by atoms with van der Waals surface area (Å²) in [4.78, 5) is 12.4. The first-order chi connectivity index (χ1) is 12.1. The summed E-state index contributed by atoms with van der Waals surface area (Å²) in [5.74, 6) is 1.04. The first kappa shape index (κ1) is 16.9. The molecule has 1 aromatic heterocycles. The maximum absolute atomic E-state index is 12.4. The summed E-state index contributed by atoms with van der Waals surface area (Å²) in [7, 11) is 1.54. The third kappa shape index (κ3) is 3.59. The van der Waals surface area contributed by atoms with Crippen LogP contribution in [0, 0.1) is 6.92 Å². The number of para-hydroxylation sites is 2. The van der Waals surface area contributed by atoms with Gasteiger partial charge in [0.05, 0.1) is 17.8 Å². The summed E-state index contributed by atoms with van der Waals surface area (Å²) in [5.41, 5.74) is 2.16. The van der Waals surface area contributed by atoms with Gasteiger partial charge in [-0.25, -0.2) is 4.79 Å². The van der Waals surface area contributed by atoms with Crippen molar-refractivity contribution in [3.05, 3.63) is 59.3 Å². The van der Waals surface area contributed by atoms with E-state index in [9.17, 15) is 4.79 Å². The van der Waals surface area contributed by atoms with Crippen molar-refractivity contribution in [1.29, 1.82) is 0 Å². The largest absolute Gasteiger partial charge is 0.495 e. The maximum atomic E-state index is 12.4. The summed E-state index contributed by atoms with van der Waals surface area (Å²) in [6, 6.07) is 13.9. The lowest BCUT2D eigenvalue weighted by atomic mass is 10.1. The zero-order valence-electron chi connectivity index (χ0n) is 13.7. The van der Waals surface area contributed by atoms with E-state index < -0.39 is 6.03 Å². The Morgan fingerprint density at radius 3 is 2.60 bits per heavy atom. The number of rotatable bonds is 4. The number of nitrogens with zero attached hydrogens (tertiary/aromatic N) is 1. The molecule has 1 heterocycles. The summed E-state index contributed by atoms with van der Waals surface area (Å²) >= 11 is 6.22. The van der Waals surface area contributed by atoms with E-state index in [4.69, 9.17) is 20.9 Å². The van der Waals surface area contributed by atoms with Gasteiger partial charge in [0.15, 0.2) is 5.76 Å². The van der Waals surface area contributed by atoms with Crippen LogP contribution in [0.15, 0.2) is 53.1 Å². The van der Waals surface area contributed by atoms with Gasteiger partial charge >= 0.3 is 6.03 Å². The smallest absolute Gasteiger partial charge is 0.323 e. The van der Waals surface area contributed by atoms with Gasteiger partial charge in [0, 0.05) is 5.56 Å². The molecule has 6 nitrogen and oxygen atoms in total. The van der Waals surface area contributed by atoms with Crippen molar-refractivity contribution in [3.8, 4) is 17.0 Å². The van der Waals surface area contributed by atoms with Crippen LogP contribution in [-0.2, 0) is 0 Å². The molecule has 0 fully saturated rings. The van der Waals surface area contributed by atoms with Crippen molar-refractivity contribution >= 4 is 29.0 Å². The molecule has 25 heavy (non-hydrogen) atoms. The van der Waals surface area contributed by atoms with Crippen LogP contribution in [0.3, 0.4) is 0 Å². The van der Waals surface area contributed by atoms with Crippen LogP contribution in [0.5, 0.6) is 5.75 Å². The second kappa shape index (κ2) is 7.27. The zero-order valence-corrected chi connectivity index (χ0v) is 14.4. The van der Waals surface area contributed by atoms with E-state index >= 15 is 0 Å². The average Bonchev–Trinajstić information content (AvgIpc) is 2.96. The Balaban J connectivity index is 1.85. The normalized spacial score (nSPS) is 10.4. The molecule has 3 aromatic rings. The van der Waals surface area contributed by atoms with Crippen LogP contribution < -0.4 is 15.4 Å². The molecule has 0 radical (unpaired) electrons. The van der Waals surface area contributed by atoms with Crippen LogP contribution in [0.1, 0.15) is 5.76 Å². The number of carbonyl (C=O) groups excluding carboxylic acids is 1. The summed E-state index contributed by atoms with van der Waals surface area (Å²) in [6.07, 6.45) is 0. The van der Waals surface area contributed by atoms with Crippen molar-refractivity contribution in [1.82, 2.24) is 5.16 Å². The number of hydrogen-bond acceptors (Lipinski definition) is 4. The fraction of sp³-hybridized carbons (Fsp3) is 0.111. The number of benzene rings is 2. The number of methoxy groups -OCH3 is 1. The number of aryl methyl sites for hydroxylation is 1. The molecule has 0 spiro atoms. The third-order valence-electron chi connectivity index (χ3n) is 3.59. The number of aromatic nitrogens is 1. The van der Waals surface area contributed by atoms with E-state index in [0.717, 1.165) is 0 Å². The van der Waals surface area contributed by atoms with Gasteiger partial charge in [-0.2, -0.15) is 0 Å². The minimum Gasteiger partial charge on any atom is -0.495 e. The Labute approximate surface area is 149 Å². The van der Waals surface area contributed by atoms with Crippen molar-refractivity contribution < 1.29 is 14.1 Å². The number of urea groups is 1. The van der Waals surface area contributed by atoms with E-state index in [2.05, 4.69) is 15.8 Å². The summed E-state index contributed by atoms with van der Waals surface area (Å²) in [6.45, 7) is 1.71. The quantitative estimate of drug-likeness (QED) is 0.692. The third-order valence-corrected chi connectivity index (χ3v) is 3.91. The minimum absolute atomic E-state index is 0.441. The first-order valence-electron chi connectivity index (χ1n) is 7.52. The molecule has 3 rings (SSSR count). The van der Waals surface area contributed by atoms with Gasteiger partial charge in [-0.3, -0.25) is 0 Å². The molecule has 2 aromatic carbocycles. The second-order valence-electron chi connectivity index (χ2n) is 5.22. The lowest BCUT2D eigenvalue weighted by Crippen LogP contribution is -2.20. The molecule has 7 heteroatoms. The molecular weight excluding hydrogens is 342 g/mol. The molecule has 128 valence electrons. The van der Waals surface area contributed by atoms with Gasteiger partial charge in [-0.15, -0.1) is 0 Å². The number of ether oxygens (including phenoxy) is 1. The Bertz CT molecular complexity index is 908. The van der Waals surface area contributed by atoms with E-state index in [-0.39, 0.29) is 0 Å². The van der Waals surface area contributed by atoms with Crippen molar-refractivity contribution in [3.63, 3.8) is 0 Å². The molecule has 0 unspecified atom stereocenters. The lowest BCUT2D eigenvalue weighted by molar-refractivity contribution is 0.262. The van der Waals surface area contributed by atoms with E-state index in [1.54, 1.807) is 31.2 Å². The summed E-state index contributed by atoms with van der Waals surface area (Å²) in [5, 5.41) is 10.0. The fourth-order valence-corrected chi connectivity index (χ4v) is 2.60. The van der Waals surface area contributed by atoms with Gasteiger partial charge in [0.2, 0.25) is 0 Å². The topological polar surface area (TPSA) is 76.4 Å². The molecule has 0 atom stereocenters. The van der Waals surface area contributed by atoms with Crippen LogP contribution in [-0.4, -0.2) is 18.3 Å². The number of hydrogen-bond donors (Lipinski definition) is 2. The Kier molecular flexibility index (Phi) is 4.90. The summed E-state index contributed by atoms with van der Waals surface area (Å²) < 4.78 is 10.4. The minimum atomic E-state index is -0.441. The first-order valence-corrected chi connectivity index (χ1v) is 7.90. The number of halogens is 1. The Morgan fingerprint density at radius 1 is 1.12 bits per heavy atom. The van der Waals surface area contributed by atoms with Crippen LogP contribution in [0.25, 0.3) is 11.3 Å². The van der Waals surface area contributed by atoms with E-state index in [1.165, 1.54) is 7.11 Å². The second-order valence-corrected chi connectivity index (χ2v) is 5.63. The molecule has 0 bridgehead atoms. The highest BCUT2D eigenvalue weighted by Gasteiger charge is 2.19. The van der Waals surface area contributed by atoms with Gasteiger partial charge < -0.3 is 19.9 Å². The maximum Gasteiger partial charge on any atom is 0.323 e. The van der Waals surface area contributed by atoms with Gasteiger partial charge in [0.25, 0.3) is 0 Å². The van der Waals surface area contributed by atoms with E-state index in [0.29, 0.717) is 39.2 Å². The molecule has 2 N–H and O–H groups in total. The highest BCUT2D eigenvalue weighted by molar-refractivity contribution is 6.33. The highest BCUT2D eigenvalue weighted by Crippen LogP contribution is 2.34. The predicted molar refractivity (Wildman–Crippen MR) is 97.3 cm³/mol. The molecule has 0 aliphatic rings. The van der Waals surface area contributed by atoms with Crippen LogP contribution in [0.2, 0.25) is 5.02 Å². The van der Waals surface area contributed by atoms with Crippen LogP contribution in [0.4, 0.5) is 16.2 Å². The van der Waals surface area contributed by atoms with Crippen LogP contribution >= 0.6 is 11.6 Å². The molecule has 2 amide bonds. The number of anilines is 2. The molecule has 0 aliphatic heterocycles. The number of nitrogens with one attached hydrogen (secondary N) is 2. The van der Waals surface area contributed by atoms with Gasteiger partial charge in [0.1, 0.15) is 17.1 Å². The standard InChI is InChI=1S/C18H16ClN3O3/c1-11-16(17(22-25-11)12-7-3-4-8-13(12)19)21-18(23)20-14-9-5-6-10-15(14)24-2/h3-10H,1-2H3,(H2,20,21,23). The van der Waals surface area contributed by atoms with E-state index in [1.807, 2.05) is 24.3 Å². The van der Waals surface area contributed by atoms with Gasteiger partial charge in [-0.1, -0.05) is 47.1 Å². The average molecular weight is 358 g/mol. The molecule has 0 aliphatic carbocycles. The molecular formula is C18H16ClN3O3. The molecule has 0 saturated heterocycles. The highest BCUT2D eigenvalue weighted by atomic mass is 35.5. The molecule has 0 saturated carbocycles.